The van der Waals surface area contributed by atoms with Crippen LogP contribution in [0.5, 0.6) is 0 Å². The number of fused-ring (bicyclic) bond motifs is 1. The molecule has 5 rings (SSSR count). The van der Waals surface area contributed by atoms with Crippen molar-refractivity contribution in [2.75, 3.05) is 0 Å². The Labute approximate surface area is 214 Å². The van der Waals surface area contributed by atoms with Gasteiger partial charge in [-0.25, -0.2) is 24.1 Å². The summed E-state index contributed by atoms with van der Waals surface area (Å²) in [5, 5.41) is 0. The number of benzene rings is 1. The Kier molecular flexibility index (Phi) is 6.12. The van der Waals surface area contributed by atoms with Gasteiger partial charge < -0.3 is 4.57 Å². The molecule has 38 heavy (non-hydrogen) atoms. The highest BCUT2D eigenvalue weighted by Crippen LogP contribution is 2.31. The van der Waals surface area contributed by atoms with Crippen molar-refractivity contribution in [3.8, 4) is 22.8 Å². The van der Waals surface area contributed by atoms with Gasteiger partial charge in [-0.2, -0.15) is 13.2 Å². The molecule has 5 aromatic rings. The van der Waals surface area contributed by atoms with Crippen molar-refractivity contribution in [3.05, 3.63) is 82.2 Å². The molecule has 0 saturated heterocycles. The van der Waals surface area contributed by atoms with Crippen molar-refractivity contribution in [1.82, 2.24) is 33.6 Å². The van der Waals surface area contributed by atoms with E-state index in [2.05, 4.69) is 19.9 Å². The molecule has 0 amide bonds. The fourth-order valence-corrected chi connectivity index (χ4v) is 4.35. The summed E-state index contributed by atoms with van der Waals surface area (Å²) in [6.45, 7) is 4.01. The van der Waals surface area contributed by atoms with Gasteiger partial charge in [-0.1, -0.05) is 38.1 Å². The van der Waals surface area contributed by atoms with Crippen LogP contribution in [0.15, 0.2) is 53.7 Å². The first-order chi connectivity index (χ1) is 17.9. The molecule has 0 aliphatic heterocycles. The Morgan fingerprint density at radius 3 is 2.34 bits per heavy atom. The predicted octanol–water partition coefficient (Wildman–Crippen LogP) is 4.92. The SMILES string of the molecule is CC(C)c1ncc(F)cc1-c1ncc2c(n1)n(Cc1ccc(-c3nc(C(F)(F)F)cn3C)cc1)c(=O)n2C. The molecule has 0 aliphatic rings. The standard InChI is InChI=1S/C26H23F4N7O/c1-14(2)21-18(9-17(27)10-31-21)22-32-11-19-24(34-22)37(25(38)36(19)4)12-15-5-7-16(8-6-15)23-33-20(13-35(23)3)26(28,29)30/h5-11,13-14H,12H2,1-4H3. The van der Waals surface area contributed by atoms with Crippen LogP contribution >= 0.6 is 0 Å². The molecule has 4 heterocycles. The van der Waals surface area contributed by atoms with Gasteiger partial charge in [0.1, 0.15) is 17.2 Å². The Hall–Kier alpha value is -4.35. The molecule has 0 atom stereocenters. The number of hydrogen-bond acceptors (Lipinski definition) is 5. The lowest BCUT2D eigenvalue weighted by atomic mass is 10.0. The number of aryl methyl sites for hydroxylation is 2. The highest BCUT2D eigenvalue weighted by molar-refractivity contribution is 5.74. The van der Waals surface area contributed by atoms with Gasteiger partial charge >= 0.3 is 11.9 Å². The van der Waals surface area contributed by atoms with Gasteiger partial charge in [0.25, 0.3) is 0 Å². The quantitative estimate of drug-likeness (QED) is 0.304. The van der Waals surface area contributed by atoms with Gasteiger partial charge in [-0.3, -0.25) is 14.1 Å². The van der Waals surface area contributed by atoms with E-state index in [4.69, 9.17) is 0 Å². The number of halogens is 4. The summed E-state index contributed by atoms with van der Waals surface area (Å²) in [6.07, 6.45) is -0.930. The van der Waals surface area contributed by atoms with Gasteiger partial charge in [0.05, 0.1) is 24.6 Å². The van der Waals surface area contributed by atoms with E-state index >= 15 is 0 Å². The molecule has 0 spiro atoms. The van der Waals surface area contributed by atoms with E-state index in [1.165, 1.54) is 33.0 Å². The molecule has 0 radical (unpaired) electrons. The Balaban J connectivity index is 1.53. The van der Waals surface area contributed by atoms with Crippen LogP contribution in [0.3, 0.4) is 0 Å². The molecule has 8 nitrogen and oxygen atoms in total. The van der Waals surface area contributed by atoms with E-state index in [0.29, 0.717) is 28.0 Å². The zero-order chi connectivity index (χ0) is 27.4. The highest BCUT2D eigenvalue weighted by atomic mass is 19.4. The maximum atomic E-state index is 14.0. The Bertz CT molecular complexity index is 1710. The lowest BCUT2D eigenvalue weighted by molar-refractivity contribution is -0.140. The molecule has 4 aromatic heterocycles. The second-order valence-corrected chi connectivity index (χ2v) is 9.33. The van der Waals surface area contributed by atoms with Crippen LogP contribution in [-0.4, -0.2) is 33.6 Å². The van der Waals surface area contributed by atoms with E-state index in [9.17, 15) is 22.4 Å². The minimum absolute atomic E-state index is 0.00712. The van der Waals surface area contributed by atoms with Gasteiger partial charge in [0.15, 0.2) is 17.2 Å². The summed E-state index contributed by atoms with van der Waals surface area (Å²) >= 11 is 0. The van der Waals surface area contributed by atoms with E-state index in [-0.39, 0.29) is 29.8 Å². The molecule has 0 bridgehead atoms. The summed E-state index contributed by atoms with van der Waals surface area (Å²) in [4.78, 5) is 30.0. The van der Waals surface area contributed by atoms with Crippen LogP contribution in [0.2, 0.25) is 0 Å². The first-order valence-corrected chi connectivity index (χ1v) is 11.7. The van der Waals surface area contributed by atoms with E-state index in [1.807, 2.05) is 13.8 Å². The number of pyridine rings is 1. The minimum Gasteiger partial charge on any atom is -0.333 e. The zero-order valence-electron chi connectivity index (χ0n) is 21.0. The number of imidazole rings is 2. The molecule has 0 fully saturated rings. The summed E-state index contributed by atoms with van der Waals surface area (Å²) < 4.78 is 57.4. The van der Waals surface area contributed by atoms with Crippen molar-refractivity contribution in [2.24, 2.45) is 14.1 Å². The lowest BCUT2D eigenvalue weighted by Gasteiger charge is -2.11. The Morgan fingerprint density at radius 2 is 1.71 bits per heavy atom. The van der Waals surface area contributed by atoms with Gasteiger partial charge in [0, 0.05) is 31.4 Å². The van der Waals surface area contributed by atoms with Crippen molar-refractivity contribution < 1.29 is 17.6 Å². The third-order valence-electron chi connectivity index (χ3n) is 6.28. The molecule has 196 valence electrons. The highest BCUT2D eigenvalue weighted by Gasteiger charge is 2.34. The maximum Gasteiger partial charge on any atom is 0.434 e. The van der Waals surface area contributed by atoms with Gasteiger partial charge in [0.2, 0.25) is 0 Å². The molecule has 0 unspecified atom stereocenters. The first kappa shape index (κ1) is 25.3. The second kappa shape index (κ2) is 9.19. The average molecular weight is 526 g/mol. The molecule has 12 heteroatoms. The fraction of sp³-hybridized carbons (Fsp3) is 0.269. The van der Waals surface area contributed by atoms with Crippen molar-refractivity contribution >= 4 is 11.2 Å². The third kappa shape index (κ3) is 4.46. The van der Waals surface area contributed by atoms with E-state index in [1.54, 1.807) is 31.3 Å². The number of hydrogen-bond donors (Lipinski definition) is 0. The number of nitrogens with zero attached hydrogens (tertiary/aromatic N) is 7. The monoisotopic (exact) mass is 525 g/mol. The van der Waals surface area contributed by atoms with E-state index in [0.717, 1.165) is 18.0 Å². The van der Waals surface area contributed by atoms with Crippen LogP contribution in [0.1, 0.15) is 36.7 Å². The van der Waals surface area contributed by atoms with Crippen molar-refractivity contribution in [1.29, 1.82) is 0 Å². The summed E-state index contributed by atoms with van der Waals surface area (Å²) in [7, 11) is 3.10. The zero-order valence-corrected chi connectivity index (χ0v) is 21.0. The fourth-order valence-electron chi connectivity index (χ4n) is 4.35. The molecule has 0 saturated carbocycles. The minimum atomic E-state index is -4.54. The van der Waals surface area contributed by atoms with Crippen LogP contribution in [0, 0.1) is 5.82 Å². The molecule has 0 aliphatic carbocycles. The van der Waals surface area contributed by atoms with Crippen LogP contribution < -0.4 is 5.69 Å². The largest absolute Gasteiger partial charge is 0.434 e. The van der Waals surface area contributed by atoms with Crippen molar-refractivity contribution in [2.45, 2.75) is 32.5 Å². The summed E-state index contributed by atoms with van der Waals surface area (Å²) in [5.74, 6) is -0.104. The molecular weight excluding hydrogens is 502 g/mol. The van der Waals surface area contributed by atoms with Crippen LogP contribution in [0.4, 0.5) is 17.6 Å². The lowest BCUT2D eigenvalue weighted by Crippen LogP contribution is -2.22. The number of aromatic nitrogens is 7. The first-order valence-electron chi connectivity index (χ1n) is 11.7. The number of alkyl halides is 3. The van der Waals surface area contributed by atoms with Crippen molar-refractivity contribution in [3.63, 3.8) is 0 Å². The number of rotatable bonds is 5. The molecule has 0 N–H and O–H groups in total. The average Bonchev–Trinajstić information content (AvgIpc) is 3.37. The van der Waals surface area contributed by atoms with E-state index < -0.39 is 17.7 Å². The van der Waals surface area contributed by atoms with Crippen LogP contribution in [-0.2, 0) is 26.8 Å². The summed E-state index contributed by atoms with van der Waals surface area (Å²) in [6, 6.07) is 8.08. The Morgan fingerprint density at radius 1 is 1.00 bits per heavy atom. The van der Waals surface area contributed by atoms with Gasteiger partial charge in [-0.15, -0.1) is 0 Å². The smallest absolute Gasteiger partial charge is 0.333 e. The summed E-state index contributed by atoms with van der Waals surface area (Å²) in [5.41, 5.74) is 1.88. The van der Waals surface area contributed by atoms with Crippen LogP contribution in [0.25, 0.3) is 33.9 Å². The topological polar surface area (TPSA) is 83.4 Å². The molecule has 1 aromatic carbocycles. The molecular formula is C26H23F4N7O. The third-order valence-corrected chi connectivity index (χ3v) is 6.28. The van der Waals surface area contributed by atoms with Gasteiger partial charge in [-0.05, 0) is 17.5 Å². The second-order valence-electron chi connectivity index (χ2n) is 9.33. The maximum absolute atomic E-state index is 14.0. The predicted molar refractivity (Wildman–Crippen MR) is 133 cm³/mol. The normalized spacial score (nSPS) is 12.1.